The molecule has 29 heavy (non-hydrogen) atoms. The van der Waals surface area contributed by atoms with Gasteiger partial charge < -0.3 is 5.32 Å². The molecular formula is C20H20F3N3O2S. The summed E-state index contributed by atoms with van der Waals surface area (Å²) < 4.78 is 41.5. The molecule has 0 aliphatic carbocycles. The molecule has 1 aromatic heterocycles. The summed E-state index contributed by atoms with van der Waals surface area (Å²) in [5.41, 5.74) is 1.41. The summed E-state index contributed by atoms with van der Waals surface area (Å²) >= 11 is 1.66. The minimum Gasteiger partial charge on any atom is -0.324 e. The van der Waals surface area contributed by atoms with Gasteiger partial charge >= 0.3 is 6.18 Å². The number of carbonyl (C=O) groups excluding carboxylic acids is 2. The summed E-state index contributed by atoms with van der Waals surface area (Å²) in [5, 5.41) is 4.48. The first-order valence-electron chi connectivity index (χ1n) is 9.33. The second kappa shape index (κ2) is 7.46. The first-order valence-corrected chi connectivity index (χ1v) is 10.2. The van der Waals surface area contributed by atoms with E-state index >= 15 is 0 Å². The molecule has 2 aliphatic rings. The number of benzene rings is 1. The third-order valence-electron chi connectivity index (χ3n) is 5.52. The third kappa shape index (κ3) is 3.76. The number of rotatable bonds is 2. The van der Waals surface area contributed by atoms with Crippen LogP contribution < -0.4 is 10.2 Å². The largest absolute Gasteiger partial charge is 0.409 e. The SMILES string of the molecule is C[C@@H]1c2ccsc2CCN1CC(=O)N1c2ccccc2NC(=O)C[C@H]1C(F)(F)F. The zero-order valence-corrected chi connectivity index (χ0v) is 16.5. The molecule has 154 valence electrons. The number of thiophene rings is 1. The number of halogens is 3. The van der Waals surface area contributed by atoms with Crippen LogP contribution in [0.4, 0.5) is 24.5 Å². The van der Waals surface area contributed by atoms with Crippen molar-refractivity contribution >= 4 is 34.5 Å². The van der Waals surface area contributed by atoms with E-state index in [4.69, 9.17) is 0 Å². The number of hydrogen-bond acceptors (Lipinski definition) is 4. The Morgan fingerprint density at radius 2 is 2.03 bits per heavy atom. The molecule has 9 heteroatoms. The summed E-state index contributed by atoms with van der Waals surface area (Å²) in [6.45, 7) is 2.41. The van der Waals surface area contributed by atoms with Crippen molar-refractivity contribution in [1.82, 2.24) is 4.90 Å². The zero-order chi connectivity index (χ0) is 20.8. The molecule has 0 saturated heterocycles. The Labute approximate surface area is 170 Å². The Morgan fingerprint density at radius 3 is 2.79 bits per heavy atom. The molecule has 1 aromatic carbocycles. The number of hydrogen-bond donors (Lipinski definition) is 1. The van der Waals surface area contributed by atoms with Gasteiger partial charge in [-0.3, -0.25) is 19.4 Å². The molecule has 0 radical (unpaired) electrons. The van der Waals surface area contributed by atoms with Gasteiger partial charge in [0.15, 0.2) is 0 Å². The number of anilines is 2. The van der Waals surface area contributed by atoms with Gasteiger partial charge in [-0.25, -0.2) is 0 Å². The van der Waals surface area contributed by atoms with Gasteiger partial charge in [0, 0.05) is 17.5 Å². The summed E-state index contributed by atoms with van der Waals surface area (Å²) in [5.74, 6) is -1.42. The molecular weight excluding hydrogens is 403 g/mol. The van der Waals surface area contributed by atoms with Gasteiger partial charge in [0.2, 0.25) is 11.8 Å². The lowest BCUT2D eigenvalue weighted by Crippen LogP contribution is -2.53. The highest BCUT2D eigenvalue weighted by atomic mass is 32.1. The predicted octanol–water partition coefficient (Wildman–Crippen LogP) is 3.97. The molecule has 2 atom stereocenters. The summed E-state index contributed by atoms with van der Waals surface area (Å²) in [4.78, 5) is 29.2. The number of amides is 2. The van der Waals surface area contributed by atoms with Crippen molar-refractivity contribution in [1.29, 1.82) is 0 Å². The molecule has 0 fully saturated rings. The summed E-state index contributed by atoms with van der Waals surface area (Å²) in [6.07, 6.45) is -4.78. The van der Waals surface area contributed by atoms with E-state index in [0.29, 0.717) is 6.54 Å². The minimum absolute atomic E-state index is 0.0553. The molecule has 5 nitrogen and oxygen atoms in total. The Morgan fingerprint density at radius 1 is 1.28 bits per heavy atom. The minimum atomic E-state index is -4.72. The highest BCUT2D eigenvalue weighted by Gasteiger charge is 2.49. The van der Waals surface area contributed by atoms with Crippen molar-refractivity contribution in [2.45, 2.75) is 38.0 Å². The quantitative estimate of drug-likeness (QED) is 0.795. The average molecular weight is 423 g/mol. The van der Waals surface area contributed by atoms with E-state index in [-0.39, 0.29) is 24.0 Å². The predicted molar refractivity (Wildman–Crippen MR) is 105 cm³/mol. The number of nitrogens with zero attached hydrogens (tertiary/aromatic N) is 2. The topological polar surface area (TPSA) is 52.7 Å². The molecule has 0 spiro atoms. The van der Waals surface area contributed by atoms with Gasteiger partial charge in [-0.1, -0.05) is 12.1 Å². The van der Waals surface area contributed by atoms with Crippen LogP contribution in [-0.2, 0) is 16.0 Å². The normalized spacial score (nSPS) is 22.5. The van der Waals surface area contributed by atoms with Crippen molar-refractivity contribution in [2.24, 2.45) is 0 Å². The number of fused-ring (bicyclic) bond motifs is 2. The van der Waals surface area contributed by atoms with Crippen molar-refractivity contribution in [3.8, 4) is 0 Å². The number of para-hydroxylation sites is 2. The van der Waals surface area contributed by atoms with E-state index in [1.54, 1.807) is 23.5 Å². The van der Waals surface area contributed by atoms with Crippen molar-refractivity contribution in [3.05, 3.63) is 46.2 Å². The maximum absolute atomic E-state index is 13.8. The Balaban J connectivity index is 1.66. The van der Waals surface area contributed by atoms with Crippen molar-refractivity contribution in [2.75, 3.05) is 23.3 Å². The van der Waals surface area contributed by atoms with E-state index in [1.165, 1.54) is 17.0 Å². The lowest BCUT2D eigenvalue weighted by molar-refractivity contribution is -0.158. The van der Waals surface area contributed by atoms with Gasteiger partial charge in [0.1, 0.15) is 6.04 Å². The molecule has 0 unspecified atom stereocenters. The van der Waals surface area contributed by atoms with Crippen LogP contribution in [0, 0.1) is 0 Å². The first kappa shape index (κ1) is 19.9. The molecule has 0 bridgehead atoms. The molecule has 2 amide bonds. The fourth-order valence-electron chi connectivity index (χ4n) is 4.02. The molecule has 4 rings (SSSR count). The zero-order valence-electron chi connectivity index (χ0n) is 15.7. The van der Waals surface area contributed by atoms with Gasteiger partial charge in [-0.2, -0.15) is 13.2 Å². The fraction of sp³-hybridized carbons (Fsp3) is 0.400. The lowest BCUT2D eigenvalue weighted by atomic mass is 10.0. The monoisotopic (exact) mass is 423 g/mol. The fourth-order valence-corrected chi connectivity index (χ4v) is 4.99. The standard InChI is InChI=1S/C20H20F3N3O2S/c1-12-13-7-9-29-16(13)6-8-25(12)11-19(28)26-15-5-3-2-4-14(15)24-18(27)10-17(26)20(21,22)23/h2-5,7,9,12,17H,6,8,10-11H2,1H3,(H,24,27)/t12-,17+/m1/s1. The highest BCUT2D eigenvalue weighted by Crippen LogP contribution is 2.38. The smallest absolute Gasteiger partial charge is 0.324 e. The Bertz CT molecular complexity index is 943. The van der Waals surface area contributed by atoms with Crippen molar-refractivity contribution < 1.29 is 22.8 Å². The van der Waals surface area contributed by atoms with Gasteiger partial charge in [0.25, 0.3) is 0 Å². The highest BCUT2D eigenvalue weighted by molar-refractivity contribution is 7.10. The van der Waals surface area contributed by atoms with Crippen molar-refractivity contribution in [3.63, 3.8) is 0 Å². The third-order valence-corrected chi connectivity index (χ3v) is 6.51. The van der Waals surface area contributed by atoms with Gasteiger partial charge in [-0.15, -0.1) is 11.3 Å². The van der Waals surface area contributed by atoms with Crippen LogP contribution in [0.15, 0.2) is 35.7 Å². The molecule has 2 aromatic rings. The average Bonchev–Trinajstić information content (AvgIpc) is 3.07. The van der Waals surface area contributed by atoms with Crippen LogP contribution in [0.25, 0.3) is 0 Å². The van der Waals surface area contributed by atoms with Gasteiger partial charge in [-0.05, 0) is 42.5 Å². The number of alkyl halides is 3. The van der Waals surface area contributed by atoms with Crippen LogP contribution in [0.2, 0.25) is 0 Å². The van der Waals surface area contributed by atoms with Crippen LogP contribution >= 0.6 is 11.3 Å². The maximum Gasteiger partial charge on any atom is 0.409 e. The molecule has 3 heterocycles. The van der Waals surface area contributed by atoms with Crippen LogP contribution in [-0.4, -0.2) is 42.0 Å². The molecule has 2 aliphatic heterocycles. The van der Waals surface area contributed by atoms with E-state index in [0.717, 1.165) is 16.9 Å². The Hall–Kier alpha value is -2.39. The van der Waals surface area contributed by atoms with Crippen LogP contribution in [0.1, 0.15) is 29.8 Å². The second-order valence-corrected chi connectivity index (χ2v) is 8.29. The van der Waals surface area contributed by atoms with Crippen LogP contribution in [0.5, 0.6) is 0 Å². The first-order chi connectivity index (χ1) is 13.8. The van der Waals surface area contributed by atoms with Gasteiger partial charge in [0.05, 0.1) is 24.3 Å². The van der Waals surface area contributed by atoms with E-state index in [2.05, 4.69) is 5.32 Å². The molecule has 1 N–H and O–H groups in total. The van der Waals surface area contributed by atoms with E-state index < -0.39 is 30.5 Å². The molecule has 0 saturated carbocycles. The second-order valence-electron chi connectivity index (χ2n) is 7.29. The maximum atomic E-state index is 13.8. The van der Waals surface area contributed by atoms with E-state index in [1.807, 2.05) is 23.3 Å². The number of carbonyl (C=O) groups is 2. The lowest BCUT2D eigenvalue weighted by Gasteiger charge is -2.37. The van der Waals surface area contributed by atoms with E-state index in [9.17, 15) is 22.8 Å². The summed E-state index contributed by atoms with van der Waals surface area (Å²) in [6, 6.07) is 5.87. The van der Waals surface area contributed by atoms with Crippen LogP contribution in [0.3, 0.4) is 0 Å². The number of nitrogens with one attached hydrogen (secondary N) is 1. The Kier molecular flexibility index (Phi) is 5.12. The summed E-state index contributed by atoms with van der Waals surface area (Å²) in [7, 11) is 0.